The zero-order valence-electron chi connectivity index (χ0n) is 11.0. The van der Waals surface area contributed by atoms with Crippen molar-refractivity contribution in [2.24, 2.45) is 5.73 Å². The molecular weight excluding hydrogens is 262 g/mol. The van der Waals surface area contributed by atoms with Gasteiger partial charge in [0.25, 0.3) is 0 Å². The fourth-order valence-electron chi connectivity index (χ4n) is 2.46. The number of para-hydroxylation sites is 1. The van der Waals surface area contributed by atoms with Crippen LogP contribution in [0.3, 0.4) is 0 Å². The van der Waals surface area contributed by atoms with E-state index in [1.807, 2.05) is 17.6 Å². The summed E-state index contributed by atoms with van der Waals surface area (Å²) >= 11 is 0. The first-order valence-electron chi connectivity index (χ1n) is 6.36. The van der Waals surface area contributed by atoms with Gasteiger partial charge in [-0.05, 0) is 31.9 Å². The number of hydrogen-bond donors (Lipinski definition) is 1. The largest absolute Gasteiger partial charge is 0.322 e. The molecule has 1 aliphatic rings. The fourth-order valence-corrected chi connectivity index (χ4v) is 3.34. The summed E-state index contributed by atoms with van der Waals surface area (Å²) in [6, 6.07) is 5.35. The highest BCUT2D eigenvalue weighted by Gasteiger charge is 2.31. The van der Waals surface area contributed by atoms with Crippen LogP contribution in [0.15, 0.2) is 23.1 Å². The number of nitrogens with zero attached hydrogens (tertiary/aromatic N) is 2. The Kier molecular flexibility index (Phi) is 2.69. The van der Waals surface area contributed by atoms with E-state index in [0.717, 1.165) is 18.7 Å². The summed E-state index contributed by atoms with van der Waals surface area (Å²) in [5.41, 5.74) is 7.39. The van der Waals surface area contributed by atoms with E-state index in [-0.39, 0.29) is 6.04 Å². The average molecular weight is 279 g/mol. The Morgan fingerprint density at radius 1 is 1.42 bits per heavy atom. The Bertz CT molecular complexity index is 743. The van der Waals surface area contributed by atoms with Crippen molar-refractivity contribution in [2.45, 2.75) is 36.7 Å². The van der Waals surface area contributed by atoms with Gasteiger partial charge in [0.1, 0.15) is 5.82 Å². The van der Waals surface area contributed by atoms with E-state index < -0.39 is 9.84 Å². The Morgan fingerprint density at radius 3 is 2.63 bits per heavy atom. The number of benzene rings is 1. The molecule has 19 heavy (non-hydrogen) atoms. The predicted molar refractivity (Wildman–Crippen MR) is 73.7 cm³/mol. The van der Waals surface area contributed by atoms with Crippen molar-refractivity contribution in [3.63, 3.8) is 0 Å². The van der Waals surface area contributed by atoms with E-state index in [0.29, 0.717) is 22.0 Å². The number of hydrogen-bond acceptors (Lipinski definition) is 4. The van der Waals surface area contributed by atoms with Crippen molar-refractivity contribution in [2.75, 3.05) is 6.26 Å². The first kappa shape index (κ1) is 12.6. The summed E-state index contributed by atoms with van der Waals surface area (Å²) in [5.74, 6) is 0.772. The maximum Gasteiger partial charge on any atom is 0.177 e. The molecule has 3 rings (SSSR count). The van der Waals surface area contributed by atoms with Crippen molar-refractivity contribution in [3.8, 4) is 0 Å². The van der Waals surface area contributed by atoms with E-state index in [2.05, 4.69) is 4.98 Å². The Morgan fingerprint density at radius 2 is 2.11 bits per heavy atom. The van der Waals surface area contributed by atoms with Gasteiger partial charge in [-0.25, -0.2) is 13.4 Å². The zero-order chi connectivity index (χ0) is 13.8. The van der Waals surface area contributed by atoms with Crippen LogP contribution < -0.4 is 5.73 Å². The summed E-state index contributed by atoms with van der Waals surface area (Å²) < 4.78 is 25.9. The summed E-state index contributed by atoms with van der Waals surface area (Å²) in [4.78, 5) is 4.86. The van der Waals surface area contributed by atoms with Crippen LogP contribution in [0.2, 0.25) is 0 Å². The summed E-state index contributed by atoms with van der Waals surface area (Å²) in [6.07, 6.45) is 3.35. The second kappa shape index (κ2) is 4.05. The lowest BCUT2D eigenvalue weighted by molar-refractivity contribution is 0.600. The highest BCUT2D eigenvalue weighted by Crippen LogP contribution is 2.41. The third kappa shape index (κ3) is 2.04. The molecule has 0 amide bonds. The van der Waals surface area contributed by atoms with Gasteiger partial charge in [0.05, 0.1) is 22.0 Å². The highest BCUT2D eigenvalue weighted by molar-refractivity contribution is 7.91. The molecule has 1 aromatic carbocycles. The van der Waals surface area contributed by atoms with Gasteiger partial charge in [-0.2, -0.15) is 0 Å². The topological polar surface area (TPSA) is 78.0 Å². The van der Waals surface area contributed by atoms with Crippen molar-refractivity contribution in [1.29, 1.82) is 0 Å². The van der Waals surface area contributed by atoms with Crippen LogP contribution >= 0.6 is 0 Å². The van der Waals surface area contributed by atoms with E-state index in [9.17, 15) is 8.42 Å². The second-order valence-corrected chi connectivity index (χ2v) is 7.24. The van der Waals surface area contributed by atoms with Gasteiger partial charge in [0, 0.05) is 12.3 Å². The maximum atomic E-state index is 11.9. The van der Waals surface area contributed by atoms with Crippen LogP contribution in [0.1, 0.15) is 37.7 Å². The van der Waals surface area contributed by atoms with Crippen LogP contribution in [-0.2, 0) is 9.84 Å². The zero-order valence-corrected chi connectivity index (χ0v) is 11.8. The second-order valence-electron chi connectivity index (χ2n) is 5.26. The number of sulfone groups is 1. The van der Waals surface area contributed by atoms with Crippen LogP contribution in [0.4, 0.5) is 0 Å². The number of rotatable bonds is 3. The van der Waals surface area contributed by atoms with Crippen molar-refractivity contribution in [3.05, 3.63) is 24.0 Å². The van der Waals surface area contributed by atoms with Gasteiger partial charge >= 0.3 is 0 Å². The molecule has 0 spiro atoms. The molecule has 0 radical (unpaired) electrons. The molecule has 1 atom stereocenters. The standard InChI is InChI=1S/C13H17N3O2S/c1-8(14)13-15-10-4-3-5-11(19(2,17)18)12(10)16(13)9-6-7-9/h3-5,8-9H,6-7,14H2,1-2H3/t8-/m0/s1. The summed E-state index contributed by atoms with van der Waals surface area (Å²) in [7, 11) is -3.27. The van der Waals surface area contributed by atoms with Gasteiger partial charge in [-0.15, -0.1) is 0 Å². The number of aromatic nitrogens is 2. The van der Waals surface area contributed by atoms with Crippen molar-refractivity contribution < 1.29 is 8.42 Å². The third-order valence-electron chi connectivity index (χ3n) is 3.42. The first-order chi connectivity index (χ1) is 8.89. The summed E-state index contributed by atoms with van der Waals surface area (Å²) in [6.45, 7) is 1.88. The molecule has 1 fully saturated rings. The molecule has 0 unspecified atom stereocenters. The Balaban J connectivity index is 2.41. The minimum atomic E-state index is -3.27. The molecule has 1 aliphatic carbocycles. The molecule has 2 aromatic rings. The molecule has 6 heteroatoms. The average Bonchev–Trinajstić information content (AvgIpc) is 3.06. The fraction of sp³-hybridized carbons (Fsp3) is 0.462. The van der Waals surface area contributed by atoms with Crippen LogP contribution in [-0.4, -0.2) is 24.2 Å². The van der Waals surface area contributed by atoms with Crippen LogP contribution in [0.5, 0.6) is 0 Å². The van der Waals surface area contributed by atoms with E-state index in [1.165, 1.54) is 6.26 Å². The first-order valence-corrected chi connectivity index (χ1v) is 8.25. The maximum absolute atomic E-state index is 11.9. The van der Waals surface area contributed by atoms with Gasteiger partial charge in [0.2, 0.25) is 0 Å². The lowest BCUT2D eigenvalue weighted by Crippen LogP contribution is -2.13. The minimum absolute atomic E-state index is 0.208. The molecule has 0 aliphatic heterocycles. The van der Waals surface area contributed by atoms with Crippen molar-refractivity contribution in [1.82, 2.24) is 9.55 Å². The smallest absolute Gasteiger partial charge is 0.177 e. The van der Waals surface area contributed by atoms with Gasteiger partial charge < -0.3 is 10.3 Å². The number of imidazole rings is 1. The monoisotopic (exact) mass is 279 g/mol. The summed E-state index contributed by atoms with van der Waals surface area (Å²) in [5, 5.41) is 0. The lowest BCUT2D eigenvalue weighted by Gasteiger charge is -2.11. The van der Waals surface area contributed by atoms with Crippen molar-refractivity contribution >= 4 is 20.9 Å². The predicted octanol–water partition coefficient (Wildman–Crippen LogP) is 1.79. The van der Waals surface area contributed by atoms with E-state index >= 15 is 0 Å². The Hall–Kier alpha value is -1.40. The number of fused-ring (bicyclic) bond motifs is 1. The normalized spacial score (nSPS) is 17.8. The molecule has 1 saturated carbocycles. The molecule has 0 saturated heterocycles. The van der Waals surface area contributed by atoms with Crippen LogP contribution in [0.25, 0.3) is 11.0 Å². The van der Waals surface area contributed by atoms with Crippen LogP contribution in [0, 0.1) is 0 Å². The van der Waals surface area contributed by atoms with Gasteiger partial charge in [-0.1, -0.05) is 6.07 Å². The molecule has 5 nitrogen and oxygen atoms in total. The molecule has 0 bridgehead atoms. The highest BCUT2D eigenvalue weighted by atomic mass is 32.2. The molecule has 1 heterocycles. The molecule has 1 aromatic heterocycles. The third-order valence-corrected chi connectivity index (χ3v) is 4.55. The lowest BCUT2D eigenvalue weighted by atomic mass is 10.3. The molecule has 102 valence electrons. The van der Waals surface area contributed by atoms with Gasteiger partial charge in [0.15, 0.2) is 9.84 Å². The van der Waals surface area contributed by atoms with E-state index in [4.69, 9.17) is 5.73 Å². The SMILES string of the molecule is C[C@H](N)c1nc2cccc(S(C)(=O)=O)c2n1C1CC1. The minimum Gasteiger partial charge on any atom is -0.322 e. The molecular formula is C13H17N3O2S. The number of nitrogens with two attached hydrogens (primary N) is 1. The quantitative estimate of drug-likeness (QED) is 0.929. The van der Waals surface area contributed by atoms with Gasteiger partial charge in [-0.3, -0.25) is 0 Å². The molecule has 2 N–H and O–H groups in total. The van der Waals surface area contributed by atoms with E-state index in [1.54, 1.807) is 12.1 Å². The Labute approximate surface area is 112 Å².